The van der Waals surface area contributed by atoms with Crippen molar-refractivity contribution < 1.29 is 0 Å². The molecule has 0 spiro atoms. The highest BCUT2D eigenvalue weighted by Gasteiger charge is 2.18. The summed E-state index contributed by atoms with van der Waals surface area (Å²) in [5.41, 5.74) is 1.42. The third-order valence-corrected chi connectivity index (χ3v) is 4.40. The van der Waals surface area contributed by atoms with E-state index in [0.29, 0.717) is 0 Å². The molecule has 1 aliphatic rings. The second kappa shape index (κ2) is 6.22. The molecule has 0 aliphatic carbocycles. The Bertz CT molecular complexity index is 317. The standard InChI is InChI=1S/C13H17ClIN/c14-9-11-5-7-16(8-6-11)10-12-1-3-13(15)4-2-12/h1-4,11H,5-10H2. The predicted octanol–water partition coefficient (Wildman–Crippen LogP) is 3.74. The van der Waals surface area contributed by atoms with Crippen LogP contribution in [0.1, 0.15) is 18.4 Å². The van der Waals surface area contributed by atoms with Gasteiger partial charge in [-0.15, -0.1) is 11.6 Å². The lowest BCUT2D eigenvalue weighted by atomic mass is 9.98. The minimum absolute atomic E-state index is 0.745. The smallest absolute Gasteiger partial charge is 0.0252 e. The zero-order valence-electron chi connectivity index (χ0n) is 9.33. The SMILES string of the molecule is ClCC1CCN(Cc2ccc(I)cc2)CC1. The second-order valence-corrected chi connectivity index (χ2v) is 6.05. The molecule has 1 nitrogen and oxygen atoms in total. The highest BCUT2D eigenvalue weighted by Crippen LogP contribution is 2.20. The van der Waals surface area contributed by atoms with Crippen LogP contribution in [0.15, 0.2) is 24.3 Å². The fraction of sp³-hybridized carbons (Fsp3) is 0.538. The number of benzene rings is 1. The highest BCUT2D eigenvalue weighted by molar-refractivity contribution is 14.1. The molecule has 1 fully saturated rings. The molecule has 0 amide bonds. The number of likely N-dealkylation sites (tertiary alicyclic amines) is 1. The van der Waals surface area contributed by atoms with Crippen molar-refractivity contribution in [2.45, 2.75) is 19.4 Å². The lowest BCUT2D eigenvalue weighted by Gasteiger charge is -2.31. The molecule has 1 aromatic carbocycles. The molecule has 0 radical (unpaired) electrons. The van der Waals surface area contributed by atoms with Crippen LogP contribution in [0.4, 0.5) is 0 Å². The monoisotopic (exact) mass is 349 g/mol. The van der Waals surface area contributed by atoms with Gasteiger partial charge in [-0.2, -0.15) is 0 Å². The Hall–Kier alpha value is 0.200. The number of hydrogen-bond donors (Lipinski definition) is 0. The molecule has 1 aliphatic heterocycles. The van der Waals surface area contributed by atoms with Crippen LogP contribution in [0.25, 0.3) is 0 Å². The van der Waals surface area contributed by atoms with Gasteiger partial charge in [-0.25, -0.2) is 0 Å². The maximum absolute atomic E-state index is 5.89. The number of rotatable bonds is 3. The molecule has 1 aromatic rings. The fourth-order valence-corrected chi connectivity index (χ4v) is 2.82. The zero-order chi connectivity index (χ0) is 11.4. The molecule has 16 heavy (non-hydrogen) atoms. The summed E-state index contributed by atoms with van der Waals surface area (Å²) in [6.45, 7) is 3.48. The number of halogens is 2. The van der Waals surface area contributed by atoms with Crippen molar-refractivity contribution in [2.75, 3.05) is 19.0 Å². The molecule has 0 atom stereocenters. The quantitative estimate of drug-likeness (QED) is 0.593. The Morgan fingerprint density at radius 3 is 2.38 bits per heavy atom. The van der Waals surface area contributed by atoms with E-state index in [1.165, 1.54) is 35.1 Å². The lowest BCUT2D eigenvalue weighted by molar-refractivity contribution is 0.186. The topological polar surface area (TPSA) is 3.24 Å². The first-order chi connectivity index (χ1) is 7.78. The van der Waals surface area contributed by atoms with E-state index in [-0.39, 0.29) is 0 Å². The van der Waals surface area contributed by atoms with Gasteiger partial charge >= 0.3 is 0 Å². The van der Waals surface area contributed by atoms with Gasteiger partial charge in [0.1, 0.15) is 0 Å². The summed E-state index contributed by atoms with van der Waals surface area (Å²) in [6, 6.07) is 8.83. The fourth-order valence-electron chi connectivity index (χ4n) is 2.15. The molecular formula is C13H17ClIN. The number of piperidine rings is 1. The minimum atomic E-state index is 0.745. The van der Waals surface area contributed by atoms with Gasteiger partial charge in [0.05, 0.1) is 0 Å². The van der Waals surface area contributed by atoms with Gasteiger partial charge in [0.25, 0.3) is 0 Å². The molecule has 0 unspecified atom stereocenters. The Morgan fingerprint density at radius 1 is 1.19 bits per heavy atom. The van der Waals surface area contributed by atoms with Crippen LogP contribution in [0, 0.1) is 9.49 Å². The van der Waals surface area contributed by atoms with Crippen molar-refractivity contribution in [3.63, 3.8) is 0 Å². The van der Waals surface area contributed by atoms with Crippen LogP contribution in [0.3, 0.4) is 0 Å². The summed E-state index contributed by atoms with van der Waals surface area (Å²) < 4.78 is 1.31. The van der Waals surface area contributed by atoms with Crippen molar-refractivity contribution in [3.8, 4) is 0 Å². The van der Waals surface area contributed by atoms with Gasteiger partial charge in [0, 0.05) is 16.0 Å². The van der Waals surface area contributed by atoms with Crippen molar-refractivity contribution in [1.29, 1.82) is 0 Å². The van der Waals surface area contributed by atoms with Crippen molar-refractivity contribution >= 4 is 34.2 Å². The Balaban J connectivity index is 1.84. The Labute approximate surface area is 116 Å². The van der Waals surface area contributed by atoms with Crippen LogP contribution >= 0.6 is 34.2 Å². The van der Waals surface area contributed by atoms with E-state index in [0.717, 1.165) is 18.3 Å². The van der Waals surface area contributed by atoms with E-state index >= 15 is 0 Å². The third-order valence-electron chi connectivity index (χ3n) is 3.24. The Kier molecular flexibility index (Phi) is 4.92. The molecule has 0 bridgehead atoms. The van der Waals surface area contributed by atoms with Crippen molar-refractivity contribution in [1.82, 2.24) is 4.90 Å². The van der Waals surface area contributed by atoms with Gasteiger partial charge < -0.3 is 0 Å². The normalized spacial score (nSPS) is 18.9. The van der Waals surface area contributed by atoms with Gasteiger partial charge in [-0.05, 0) is 72.1 Å². The molecule has 0 aromatic heterocycles. The number of hydrogen-bond acceptors (Lipinski definition) is 1. The van der Waals surface area contributed by atoms with Crippen molar-refractivity contribution in [3.05, 3.63) is 33.4 Å². The van der Waals surface area contributed by atoms with Crippen LogP contribution in [0.2, 0.25) is 0 Å². The maximum atomic E-state index is 5.89. The van der Waals surface area contributed by atoms with Gasteiger partial charge in [0.2, 0.25) is 0 Å². The molecule has 3 heteroatoms. The van der Waals surface area contributed by atoms with E-state index < -0.39 is 0 Å². The van der Waals surface area contributed by atoms with E-state index in [1.807, 2.05) is 0 Å². The predicted molar refractivity (Wildman–Crippen MR) is 77.9 cm³/mol. The second-order valence-electron chi connectivity index (χ2n) is 4.50. The van der Waals surface area contributed by atoms with Crippen LogP contribution in [-0.4, -0.2) is 23.9 Å². The maximum Gasteiger partial charge on any atom is 0.0252 e. The average molecular weight is 350 g/mol. The highest BCUT2D eigenvalue weighted by atomic mass is 127. The summed E-state index contributed by atoms with van der Waals surface area (Å²) in [5.74, 6) is 1.58. The molecular weight excluding hydrogens is 333 g/mol. The first kappa shape index (κ1) is 12.7. The van der Waals surface area contributed by atoms with Crippen LogP contribution in [0.5, 0.6) is 0 Å². The van der Waals surface area contributed by atoms with E-state index in [1.54, 1.807) is 0 Å². The summed E-state index contributed by atoms with van der Waals surface area (Å²) in [5, 5.41) is 0. The van der Waals surface area contributed by atoms with E-state index in [9.17, 15) is 0 Å². The largest absolute Gasteiger partial charge is 0.299 e. The van der Waals surface area contributed by atoms with E-state index in [4.69, 9.17) is 11.6 Å². The number of nitrogens with zero attached hydrogens (tertiary/aromatic N) is 1. The van der Waals surface area contributed by atoms with E-state index in [2.05, 4.69) is 51.8 Å². The molecule has 0 N–H and O–H groups in total. The molecule has 2 rings (SSSR count). The third kappa shape index (κ3) is 3.60. The lowest BCUT2D eigenvalue weighted by Crippen LogP contribution is -2.33. The summed E-state index contributed by atoms with van der Waals surface area (Å²) in [6.07, 6.45) is 2.52. The number of alkyl halides is 1. The molecule has 88 valence electrons. The molecule has 1 saturated heterocycles. The van der Waals surface area contributed by atoms with Crippen LogP contribution < -0.4 is 0 Å². The van der Waals surface area contributed by atoms with Crippen molar-refractivity contribution in [2.24, 2.45) is 5.92 Å². The average Bonchev–Trinajstić information content (AvgIpc) is 2.33. The zero-order valence-corrected chi connectivity index (χ0v) is 12.2. The Morgan fingerprint density at radius 2 is 1.81 bits per heavy atom. The summed E-state index contributed by atoms with van der Waals surface area (Å²) in [4.78, 5) is 2.53. The molecule has 1 heterocycles. The summed E-state index contributed by atoms with van der Waals surface area (Å²) in [7, 11) is 0. The van der Waals surface area contributed by atoms with Gasteiger partial charge in [0.15, 0.2) is 0 Å². The first-order valence-electron chi connectivity index (χ1n) is 5.80. The van der Waals surface area contributed by atoms with Crippen LogP contribution in [-0.2, 0) is 6.54 Å². The minimum Gasteiger partial charge on any atom is -0.299 e. The summed E-state index contributed by atoms with van der Waals surface area (Å²) >= 11 is 8.23. The molecule has 0 saturated carbocycles. The van der Waals surface area contributed by atoms with Gasteiger partial charge in [-0.1, -0.05) is 12.1 Å². The van der Waals surface area contributed by atoms with Gasteiger partial charge in [-0.3, -0.25) is 4.90 Å². The first-order valence-corrected chi connectivity index (χ1v) is 7.42.